The Morgan fingerprint density at radius 3 is 2.27 bits per heavy atom. The number of para-hydroxylation sites is 2. The standard InChI is InChI=1S/C20H26N4O5S/c1-23(2)30(27,28)24(16-9-5-4-6-10-16)15-19(25)22-18-12-8-7-11-17(18)20(26)21-13-14-29-3/h4-12H,13-15H2,1-3H3,(H,21,26)(H,22,25). The fourth-order valence-corrected chi connectivity index (χ4v) is 3.63. The predicted octanol–water partition coefficient (Wildman–Crippen LogP) is 1.31. The third kappa shape index (κ3) is 6.02. The summed E-state index contributed by atoms with van der Waals surface area (Å²) in [5.74, 6) is -0.954. The molecule has 162 valence electrons. The largest absolute Gasteiger partial charge is 0.383 e. The van der Waals surface area contributed by atoms with Gasteiger partial charge < -0.3 is 15.4 Å². The molecule has 0 aromatic heterocycles. The van der Waals surface area contributed by atoms with E-state index in [4.69, 9.17) is 4.74 Å². The minimum absolute atomic E-state index is 0.267. The highest BCUT2D eigenvalue weighted by molar-refractivity contribution is 7.90. The van der Waals surface area contributed by atoms with Crippen molar-refractivity contribution in [2.45, 2.75) is 0 Å². The Bertz CT molecular complexity index is 964. The van der Waals surface area contributed by atoms with Gasteiger partial charge in [-0.1, -0.05) is 30.3 Å². The molecule has 0 aliphatic heterocycles. The number of hydrogen-bond donors (Lipinski definition) is 2. The fraction of sp³-hybridized carbons (Fsp3) is 0.300. The number of hydrogen-bond acceptors (Lipinski definition) is 5. The third-order valence-electron chi connectivity index (χ3n) is 4.11. The van der Waals surface area contributed by atoms with E-state index >= 15 is 0 Å². The van der Waals surface area contributed by atoms with Crippen molar-refractivity contribution in [1.29, 1.82) is 0 Å². The number of amides is 2. The summed E-state index contributed by atoms with van der Waals surface area (Å²) in [6.07, 6.45) is 0. The lowest BCUT2D eigenvalue weighted by atomic mass is 10.1. The van der Waals surface area contributed by atoms with E-state index in [1.807, 2.05) is 0 Å². The number of nitrogens with zero attached hydrogens (tertiary/aromatic N) is 2. The van der Waals surface area contributed by atoms with E-state index in [0.29, 0.717) is 18.8 Å². The molecule has 0 aliphatic carbocycles. The number of ether oxygens (including phenoxy) is 1. The Labute approximate surface area is 176 Å². The molecule has 0 saturated carbocycles. The van der Waals surface area contributed by atoms with Crippen LogP contribution in [0.1, 0.15) is 10.4 Å². The van der Waals surface area contributed by atoms with Crippen LogP contribution >= 0.6 is 0 Å². The Morgan fingerprint density at radius 1 is 1.00 bits per heavy atom. The van der Waals surface area contributed by atoms with Crippen LogP contribution in [0.4, 0.5) is 11.4 Å². The lowest BCUT2D eigenvalue weighted by molar-refractivity contribution is -0.114. The number of carbonyl (C=O) groups is 2. The van der Waals surface area contributed by atoms with E-state index in [2.05, 4.69) is 10.6 Å². The maximum atomic E-state index is 12.7. The van der Waals surface area contributed by atoms with Gasteiger partial charge in [-0.3, -0.25) is 9.59 Å². The SMILES string of the molecule is COCCNC(=O)c1ccccc1NC(=O)CN(c1ccccc1)S(=O)(=O)N(C)C. The van der Waals surface area contributed by atoms with Gasteiger partial charge >= 0.3 is 10.2 Å². The van der Waals surface area contributed by atoms with Crippen LogP contribution in [-0.4, -0.2) is 65.4 Å². The summed E-state index contributed by atoms with van der Waals surface area (Å²) >= 11 is 0. The van der Waals surface area contributed by atoms with E-state index in [1.165, 1.54) is 21.2 Å². The van der Waals surface area contributed by atoms with E-state index in [1.54, 1.807) is 54.6 Å². The molecule has 2 amide bonds. The molecule has 0 radical (unpaired) electrons. The van der Waals surface area contributed by atoms with Crippen LogP contribution in [0.2, 0.25) is 0 Å². The molecule has 0 saturated heterocycles. The first-order chi connectivity index (χ1) is 14.3. The molecule has 0 fully saturated rings. The summed E-state index contributed by atoms with van der Waals surface area (Å²) < 4.78 is 32.4. The zero-order chi connectivity index (χ0) is 22.1. The van der Waals surface area contributed by atoms with Gasteiger partial charge in [0.25, 0.3) is 5.91 Å². The van der Waals surface area contributed by atoms with Crippen molar-refractivity contribution >= 4 is 33.4 Å². The maximum Gasteiger partial charge on any atom is 0.304 e. The number of methoxy groups -OCH3 is 1. The third-order valence-corrected chi connectivity index (χ3v) is 5.93. The van der Waals surface area contributed by atoms with Crippen LogP contribution in [0.25, 0.3) is 0 Å². The van der Waals surface area contributed by atoms with Crippen molar-refractivity contribution in [3.8, 4) is 0 Å². The van der Waals surface area contributed by atoms with E-state index in [0.717, 1.165) is 8.61 Å². The second-order valence-electron chi connectivity index (χ2n) is 6.47. The van der Waals surface area contributed by atoms with Crippen LogP contribution in [0, 0.1) is 0 Å². The molecule has 0 atom stereocenters. The van der Waals surface area contributed by atoms with Crippen molar-refractivity contribution in [1.82, 2.24) is 9.62 Å². The molecular weight excluding hydrogens is 408 g/mol. The van der Waals surface area contributed by atoms with Gasteiger partial charge in [0.2, 0.25) is 5.91 Å². The maximum absolute atomic E-state index is 12.7. The van der Waals surface area contributed by atoms with E-state index in [-0.39, 0.29) is 17.2 Å². The fourth-order valence-electron chi connectivity index (χ4n) is 2.57. The van der Waals surface area contributed by atoms with E-state index in [9.17, 15) is 18.0 Å². The summed E-state index contributed by atoms with van der Waals surface area (Å²) in [5, 5.41) is 5.33. The van der Waals surface area contributed by atoms with Crippen LogP contribution in [-0.2, 0) is 19.7 Å². The monoisotopic (exact) mass is 434 g/mol. The molecule has 30 heavy (non-hydrogen) atoms. The number of anilines is 2. The number of rotatable bonds is 10. The van der Waals surface area contributed by atoms with Crippen molar-refractivity contribution in [3.05, 3.63) is 60.2 Å². The first-order valence-corrected chi connectivity index (χ1v) is 10.6. The van der Waals surface area contributed by atoms with Crippen LogP contribution in [0.3, 0.4) is 0 Å². The predicted molar refractivity (Wildman–Crippen MR) is 116 cm³/mol. The molecular formula is C20H26N4O5S. The molecule has 2 N–H and O–H groups in total. The number of benzene rings is 2. The van der Waals surface area contributed by atoms with Crippen LogP contribution in [0.5, 0.6) is 0 Å². The second-order valence-corrected chi connectivity index (χ2v) is 8.54. The van der Waals surface area contributed by atoms with Crippen LogP contribution < -0.4 is 14.9 Å². The molecule has 0 bridgehead atoms. The Balaban J connectivity index is 2.22. The summed E-state index contributed by atoms with van der Waals surface area (Å²) in [4.78, 5) is 25.1. The van der Waals surface area contributed by atoms with Crippen molar-refractivity contribution in [3.63, 3.8) is 0 Å². The second kappa shape index (κ2) is 10.7. The normalized spacial score (nSPS) is 11.2. The molecule has 2 aromatic rings. The highest BCUT2D eigenvalue weighted by atomic mass is 32.2. The molecule has 0 aliphatic rings. The summed E-state index contributed by atoms with van der Waals surface area (Å²) in [6, 6.07) is 14.8. The Hall–Kier alpha value is -2.95. The van der Waals surface area contributed by atoms with Gasteiger partial charge in [0, 0.05) is 27.7 Å². The topological polar surface area (TPSA) is 108 Å². The van der Waals surface area contributed by atoms with Gasteiger partial charge in [-0.2, -0.15) is 12.7 Å². The minimum Gasteiger partial charge on any atom is -0.383 e. The van der Waals surface area contributed by atoms with Gasteiger partial charge in [-0.25, -0.2) is 4.31 Å². The van der Waals surface area contributed by atoms with Crippen LogP contribution in [0.15, 0.2) is 54.6 Å². The molecule has 0 heterocycles. The minimum atomic E-state index is -3.91. The van der Waals surface area contributed by atoms with Gasteiger partial charge in [-0.15, -0.1) is 0 Å². The summed E-state index contributed by atoms with van der Waals surface area (Å²) in [7, 11) is 0.404. The average Bonchev–Trinajstić information content (AvgIpc) is 2.73. The molecule has 2 aromatic carbocycles. The zero-order valence-electron chi connectivity index (χ0n) is 17.2. The van der Waals surface area contributed by atoms with E-state index < -0.39 is 22.7 Å². The first-order valence-electron chi connectivity index (χ1n) is 9.18. The zero-order valence-corrected chi connectivity index (χ0v) is 18.0. The van der Waals surface area contributed by atoms with Crippen molar-refractivity contribution in [2.75, 3.05) is 50.5 Å². The summed E-state index contributed by atoms with van der Waals surface area (Å²) in [5.41, 5.74) is 0.906. The van der Waals surface area contributed by atoms with Crippen molar-refractivity contribution < 1.29 is 22.7 Å². The average molecular weight is 435 g/mol. The highest BCUT2D eigenvalue weighted by Crippen LogP contribution is 2.20. The van der Waals surface area contributed by atoms with Gasteiger partial charge in [0.15, 0.2) is 0 Å². The Kier molecular flexibility index (Phi) is 8.34. The molecule has 10 heteroatoms. The number of carbonyl (C=O) groups excluding carboxylic acids is 2. The highest BCUT2D eigenvalue weighted by Gasteiger charge is 2.27. The quantitative estimate of drug-likeness (QED) is 0.548. The number of nitrogens with one attached hydrogen (secondary N) is 2. The van der Waals surface area contributed by atoms with Crippen molar-refractivity contribution in [2.24, 2.45) is 0 Å². The molecule has 0 unspecified atom stereocenters. The lowest BCUT2D eigenvalue weighted by Crippen LogP contribution is -2.44. The molecule has 0 spiro atoms. The Morgan fingerprint density at radius 2 is 1.63 bits per heavy atom. The molecule has 2 rings (SSSR count). The smallest absolute Gasteiger partial charge is 0.304 e. The van der Waals surface area contributed by atoms with Gasteiger partial charge in [0.05, 0.1) is 23.5 Å². The molecule has 9 nitrogen and oxygen atoms in total. The lowest BCUT2D eigenvalue weighted by Gasteiger charge is -2.27. The first kappa shape index (κ1) is 23.3. The van der Waals surface area contributed by atoms with Gasteiger partial charge in [0.1, 0.15) is 6.54 Å². The van der Waals surface area contributed by atoms with Gasteiger partial charge in [-0.05, 0) is 24.3 Å². The summed E-state index contributed by atoms with van der Waals surface area (Å²) in [6.45, 7) is 0.222.